The van der Waals surface area contributed by atoms with Gasteiger partial charge in [0.1, 0.15) is 23.5 Å². The zero-order valence-corrected chi connectivity index (χ0v) is 8.95. The summed E-state index contributed by atoms with van der Waals surface area (Å²) in [6, 6.07) is 3.64. The van der Waals surface area contributed by atoms with E-state index in [1.54, 1.807) is 14.2 Å². The number of carbonyl (C=O) groups excluding carboxylic acids is 1. The summed E-state index contributed by atoms with van der Waals surface area (Å²) in [6.07, 6.45) is 2.03. The van der Waals surface area contributed by atoms with Gasteiger partial charge in [-0.3, -0.25) is 0 Å². The second kappa shape index (κ2) is 5.24. The van der Waals surface area contributed by atoms with Crippen LogP contribution < -0.4 is 15.2 Å². The topological polar surface area (TPSA) is 61.5 Å². The van der Waals surface area contributed by atoms with Crippen molar-refractivity contribution in [3.8, 4) is 11.5 Å². The molecule has 0 bridgehead atoms. The molecule has 1 rings (SSSR count). The maximum absolute atomic E-state index is 10.3. The van der Waals surface area contributed by atoms with Crippen molar-refractivity contribution < 1.29 is 14.3 Å². The van der Waals surface area contributed by atoms with Crippen molar-refractivity contribution >= 4 is 12.0 Å². The molecule has 4 nitrogen and oxygen atoms in total. The van der Waals surface area contributed by atoms with Crippen molar-refractivity contribution in [2.45, 2.75) is 12.8 Å². The molecule has 0 aliphatic carbocycles. The van der Waals surface area contributed by atoms with Gasteiger partial charge in [-0.25, -0.2) is 0 Å². The first kappa shape index (κ1) is 11.4. The molecule has 0 saturated carbocycles. The minimum absolute atomic E-state index is 0.481. The van der Waals surface area contributed by atoms with Gasteiger partial charge in [-0.2, -0.15) is 0 Å². The maximum atomic E-state index is 10.3. The second-order valence-electron chi connectivity index (χ2n) is 3.12. The lowest BCUT2D eigenvalue weighted by Gasteiger charge is -2.11. The summed E-state index contributed by atoms with van der Waals surface area (Å²) < 4.78 is 10.2. The summed E-state index contributed by atoms with van der Waals surface area (Å²) in [6.45, 7) is 0. The van der Waals surface area contributed by atoms with Crippen LogP contribution in [0.25, 0.3) is 0 Å². The zero-order valence-electron chi connectivity index (χ0n) is 8.95. The Morgan fingerprint density at radius 3 is 2.20 bits per heavy atom. The fraction of sp³-hybridized carbons (Fsp3) is 0.364. The van der Waals surface area contributed by atoms with Gasteiger partial charge in [-0.1, -0.05) is 0 Å². The van der Waals surface area contributed by atoms with E-state index < -0.39 is 0 Å². The molecule has 1 aromatic rings. The summed E-state index contributed by atoms with van der Waals surface area (Å²) in [5, 5.41) is 0. The number of hydrogen-bond acceptors (Lipinski definition) is 4. The largest absolute Gasteiger partial charge is 0.494 e. The summed E-state index contributed by atoms with van der Waals surface area (Å²) in [5.41, 5.74) is 7.24. The van der Waals surface area contributed by atoms with E-state index in [0.717, 1.165) is 11.8 Å². The predicted octanol–water partition coefficient (Wildman–Crippen LogP) is 1.42. The lowest BCUT2D eigenvalue weighted by Crippen LogP contribution is -1.99. The zero-order chi connectivity index (χ0) is 11.3. The van der Waals surface area contributed by atoms with Crippen LogP contribution in [-0.2, 0) is 11.2 Å². The van der Waals surface area contributed by atoms with Crippen molar-refractivity contribution in [2.75, 3.05) is 20.0 Å². The monoisotopic (exact) mass is 209 g/mol. The normalized spacial score (nSPS) is 9.73. The molecule has 15 heavy (non-hydrogen) atoms. The fourth-order valence-corrected chi connectivity index (χ4v) is 1.36. The molecule has 0 atom stereocenters. The Labute approximate surface area is 89.0 Å². The Morgan fingerprint density at radius 2 is 1.80 bits per heavy atom. The molecular formula is C11H15NO3. The molecule has 0 aliphatic heterocycles. The van der Waals surface area contributed by atoms with E-state index in [1.165, 1.54) is 0 Å². The van der Waals surface area contributed by atoms with E-state index in [2.05, 4.69) is 0 Å². The number of aryl methyl sites for hydroxylation is 1. The number of methoxy groups -OCH3 is 2. The third-order valence-corrected chi connectivity index (χ3v) is 2.15. The summed E-state index contributed by atoms with van der Waals surface area (Å²) in [4.78, 5) is 10.3. The third-order valence-electron chi connectivity index (χ3n) is 2.15. The molecule has 1 aromatic carbocycles. The highest BCUT2D eigenvalue weighted by Crippen LogP contribution is 2.33. The van der Waals surface area contributed by atoms with Crippen LogP contribution in [0.2, 0.25) is 0 Å². The summed E-state index contributed by atoms with van der Waals surface area (Å²) in [7, 11) is 3.10. The van der Waals surface area contributed by atoms with Gasteiger partial charge >= 0.3 is 0 Å². The van der Waals surface area contributed by atoms with Crippen molar-refractivity contribution in [1.82, 2.24) is 0 Å². The standard InChI is InChI=1S/C11H15NO3/c1-14-9-6-8(4-3-5-13)7-10(15-2)11(9)12/h5-7H,3-4,12H2,1-2H3. The first-order valence-corrected chi connectivity index (χ1v) is 4.67. The van der Waals surface area contributed by atoms with Crippen LogP contribution in [0.1, 0.15) is 12.0 Å². The minimum Gasteiger partial charge on any atom is -0.494 e. The lowest BCUT2D eigenvalue weighted by molar-refractivity contribution is -0.107. The number of rotatable bonds is 5. The van der Waals surface area contributed by atoms with Crippen LogP contribution in [0.5, 0.6) is 11.5 Å². The number of nitrogen functional groups attached to an aromatic ring is 1. The van der Waals surface area contributed by atoms with Gasteiger partial charge in [-0.15, -0.1) is 0 Å². The van der Waals surface area contributed by atoms with E-state index in [9.17, 15) is 4.79 Å². The van der Waals surface area contributed by atoms with Gasteiger partial charge in [-0.05, 0) is 24.1 Å². The predicted molar refractivity (Wildman–Crippen MR) is 58.3 cm³/mol. The van der Waals surface area contributed by atoms with Crippen molar-refractivity contribution in [1.29, 1.82) is 0 Å². The first-order chi connectivity index (χ1) is 7.22. The Bertz CT molecular complexity index is 325. The number of anilines is 1. The van der Waals surface area contributed by atoms with Gasteiger partial charge in [0.25, 0.3) is 0 Å². The van der Waals surface area contributed by atoms with E-state index in [4.69, 9.17) is 15.2 Å². The van der Waals surface area contributed by atoms with E-state index in [0.29, 0.717) is 30.0 Å². The summed E-state index contributed by atoms with van der Waals surface area (Å²) in [5.74, 6) is 1.16. The molecule has 0 amide bonds. The number of ether oxygens (including phenoxy) is 2. The van der Waals surface area contributed by atoms with E-state index in [1.807, 2.05) is 12.1 Å². The van der Waals surface area contributed by atoms with E-state index >= 15 is 0 Å². The molecule has 82 valence electrons. The van der Waals surface area contributed by atoms with Crippen LogP contribution >= 0.6 is 0 Å². The molecule has 0 unspecified atom stereocenters. The van der Waals surface area contributed by atoms with Crippen LogP contribution in [0, 0.1) is 0 Å². The minimum atomic E-state index is 0.481. The molecule has 0 heterocycles. The fourth-order valence-electron chi connectivity index (χ4n) is 1.36. The molecule has 0 aromatic heterocycles. The van der Waals surface area contributed by atoms with E-state index in [-0.39, 0.29) is 0 Å². The Kier molecular flexibility index (Phi) is 3.97. The third kappa shape index (κ3) is 2.62. The number of aldehydes is 1. The molecule has 0 saturated heterocycles. The van der Waals surface area contributed by atoms with Crippen molar-refractivity contribution in [3.63, 3.8) is 0 Å². The number of carbonyl (C=O) groups is 1. The van der Waals surface area contributed by atoms with Crippen LogP contribution in [0.3, 0.4) is 0 Å². The molecule has 0 spiro atoms. The lowest BCUT2D eigenvalue weighted by atomic mass is 10.1. The highest BCUT2D eigenvalue weighted by molar-refractivity contribution is 5.64. The Morgan fingerprint density at radius 1 is 1.27 bits per heavy atom. The molecule has 0 radical (unpaired) electrons. The van der Waals surface area contributed by atoms with Crippen LogP contribution in [0.4, 0.5) is 5.69 Å². The average molecular weight is 209 g/mol. The van der Waals surface area contributed by atoms with Crippen LogP contribution in [0.15, 0.2) is 12.1 Å². The Hall–Kier alpha value is -1.71. The smallest absolute Gasteiger partial charge is 0.145 e. The van der Waals surface area contributed by atoms with Gasteiger partial charge in [0.15, 0.2) is 0 Å². The van der Waals surface area contributed by atoms with Crippen molar-refractivity contribution in [3.05, 3.63) is 17.7 Å². The molecule has 0 fully saturated rings. The number of hydrogen-bond donors (Lipinski definition) is 1. The molecule has 0 aliphatic rings. The SMILES string of the molecule is COc1cc(CCC=O)cc(OC)c1N. The average Bonchev–Trinajstić information content (AvgIpc) is 2.27. The molecule has 2 N–H and O–H groups in total. The maximum Gasteiger partial charge on any atom is 0.145 e. The summed E-state index contributed by atoms with van der Waals surface area (Å²) >= 11 is 0. The van der Waals surface area contributed by atoms with Crippen LogP contribution in [-0.4, -0.2) is 20.5 Å². The van der Waals surface area contributed by atoms with Gasteiger partial charge in [0.05, 0.1) is 14.2 Å². The van der Waals surface area contributed by atoms with Gasteiger partial charge in [0.2, 0.25) is 0 Å². The molecule has 4 heteroatoms. The first-order valence-electron chi connectivity index (χ1n) is 4.67. The highest BCUT2D eigenvalue weighted by atomic mass is 16.5. The second-order valence-corrected chi connectivity index (χ2v) is 3.12. The van der Waals surface area contributed by atoms with Gasteiger partial charge in [0, 0.05) is 6.42 Å². The number of benzene rings is 1. The quantitative estimate of drug-likeness (QED) is 0.588. The molecular weight excluding hydrogens is 194 g/mol. The van der Waals surface area contributed by atoms with Gasteiger partial charge < -0.3 is 20.0 Å². The Balaban J connectivity index is 3.03. The van der Waals surface area contributed by atoms with Crippen molar-refractivity contribution in [2.24, 2.45) is 0 Å². The number of nitrogens with two attached hydrogens (primary N) is 1. The highest BCUT2D eigenvalue weighted by Gasteiger charge is 2.08.